The molecule has 1 unspecified atom stereocenters. The molecule has 122 valence electrons. The number of carbonyl (C=O) groups is 2. The van der Waals surface area contributed by atoms with E-state index in [0.717, 1.165) is 5.56 Å². The van der Waals surface area contributed by atoms with E-state index in [1.807, 2.05) is 13.0 Å². The molecule has 0 spiro atoms. The molecule has 0 heterocycles. The van der Waals surface area contributed by atoms with Gasteiger partial charge in [0.25, 0.3) is 0 Å². The van der Waals surface area contributed by atoms with Crippen LogP contribution in [0.15, 0.2) is 42.5 Å². The summed E-state index contributed by atoms with van der Waals surface area (Å²) in [5.74, 6) is -1.53. The molecule has 0 aliphatic heterocycles. The first-order chi connectivity index (χ1) is 11.4. The van der Waals surface area contributed by atoms with Gasteiger partial charge in [0.1, 0.15) is 0 Å². The van der Waals surface area contributed by atoms with Crippen LogP contribution < -0.4 is 15.7 Å². The Morgan fingerprint density at radius 2 is 1.83 bits per heavy atom. The average molecular weight is 322 g/mol. The van der Waals surface area contributed by atoms with Gasteiger partial charge in [0.15, 0.2) is 0 Å². The number of rotatable bonds is 5. The van der Waals surface area contributed by atoms with Gasteiger partial charge in [-0.15, -0.1) is 0 Å². The Hall–Kier alpha value is -3.33. The van der Waals surface area contributed by atoms with E-state index in [1.54, 1.807) is 42.5 Å². The number of carboxylic acids is 1. The highest BCUT2D eigenvalue weighted by atomic mass is 16.4. The molecular weight excluding hydrogens is 306 g/mol. The molecule has 0 saturated carbocycles. The molecule has 0 radical (unpaired) electrons. The van der Waals surface area contributed by atoms with Gasteiger partial charge in [-0.05, 0) is 48.4 Å². The summed E-state index contributed by atoms with van der Waals surface area (Å²) in [7, 11) is 0. The van der Waals surface area contributed by atoms with Crippen molar-refractivity contribution >= 4 is 23.3 Å². The molecule has 0 aromatic heterocycles. The Kier molecular flexibility index (Phi) is 5.17. The molecule has 1 amide bonds. The van der Waals surface area contributed by atoms with Crippen molar-refractivity contribution in [1.29, 1.82) is 5.26 Å². The number of hydrogen-bond acceptors (Lipinski definition) is 5. The van der Waals surface area contributed by atoms with Crippen LogP contribution in [-0.2, 0) is 9.59 Å². The van der Waals surface area contributed by atoms with Gasteiger partial charge in [-0.1, -0.05) is 12.1 Å². The average Bonchev–Trinajstić information content (AvgIpc) is 2.54. The molecule has 24 heavy (non-hydrogen) atoms. The van der Waals surface area contributed by atoms with Crippen LogP contribution in [0.3, 0.4) is 0 Å². The highest BCUT2D eigenvalue weighted by molar-refractivity contribution is 5.90. The number of hydrogen-bond donors (Lipinski definition) is 2. The quantitative estimate of drug-likeness (QED) is 0.872. The predicted octanol–water partition coefficient (Wildman–Crippen LogP) is 1.73. The Morgan fingerprint density at radius 3 is 2.38 bits per heavy atom. The summed E-state index contributed by atoms with van der Waals surface area (Å²) in [5.41, 5.74) is 2.85. The van der Waals surface area contributed by atoms with Crippen molar-refractivity contribution in [3.05, 3.63) is 59.2 Å². The SMILES string of the molecule is CC(=O)Nc1cc(C(Nc2ccc(C#N)cc2)C(=O)[O-])ccc1C. The number of nitriles is 1. The van der Waals surface area contributed by atoms with E-state index >= 15 is 0 Å². The minimum atomic E-state index is -1.29. The lowest BCUT2D eigenvalue weighted by Gasteiger charge is -2.22. The van der Waals surface area contributed by atoms with E-state index in [0.29, 0.717) is 22.5 Å². The lowest BCUT2D eigenvalue weighted by molar-refractivity contribution is -0.307. The van der Waals surface area contributed by atoms with Gasteiger partial charge in [0.2, 0.25) is 5.91 Å². The van der Waals surface area contributed by atoms with Gasteiger partial charge in [0.05, 0.1) is 23.6 Å². The molecule has 2 aromatic carbocycles. The molecule has 2 rings (SSSR count). The van der Waals surface area contributed by atoms with E-state index < -0.39 is 12.0 Å². The van der Waals surface area contributed by atoms with Gasteiger partial charge in [-0.25, -0.2) is 0 Å². The minimum absolute atomic E-state index is 0.236. The fourth-order valence-corrected chi connectivity index (χ4v) is 2.23. The number of amides is 1. The molecule has 6 nitrogen and oxygen atoms in total. The Bertz CT molecular complexity index is 807. The van der Waals surface area contributed by atoms with Crippen LogP contribution in [0.5, 0.6) is 0 Å². The first-order valence-corrected chi connectivity index (χ1v) is 7.26. The monoisotopic (exact) mass is 322 g/mol. The highest BCUT2D eigenvalue weighted by Gasteiger charge is 2.14. The number of nitrogens with zero attached hydrogens (tertiary/aromatic N) is 1. The van der Waals surface area contributed by atoms with Crippen molar-refractivity contribution < 1.29 is 14.7 Å². The molecule has 2 N–H and O–H groups in total. The third-order valence-electron chi connectivity index (χ3n) is 3.47. The van der Waals surface area contributed by atoms with E-state index in [1.165, 1.54) is 6.92 Å². The molecular formula is C18H16N3O3-. The lowest BCUT2D eigenvalue weighted by Crippen LogP contribution is -2.34. The Balaban J connectivity index is 2.31. The predicted molar refractivity (Wildman–Crippen MR) is 88.0 cm³/mol. The number of anilines is 2. The largest absolute Gasteiger partial charge is 0.548 e. The van der Waals surface area contributed by atoms with E-state index in [-0.39, 0.29) is 5.91 Å². The molecule has 0 fully saturated rings. The molecule has 0 aliphatic rings. The van der Waals surface area contributed by atoms with Crippen molar-refractivity contribution in [2.75, 3.05) is 10.6 Å². The van der Waals surface area contributed by atoms with Gasteiger partial charge in [-0.3, -0.25) is 4.79 Å². The van der Waals surface area contributed by atoms with Crippen molar-refractivity contribution in [3.63, 3.8) is 0 Å². The third-order valence-corrected chi connectivity index (χ3v) is 3.47. The van der Waals surface area contributed by atoms with Gasteiger partial charge >= 0.3 is 0 Å². The van der Waals surface area contributed by atoms with Gasteiger partial charge in [-0.2, -0.15) is 5.26 Å². The number of carbonyl (C=O) groups excluding carboxylic acids is 2. The molecule has 0 saturated heterocycles. The summed E-state index contributed by atoms with van der Waals surface area (Å²) in [5, 5.41) is 25.9. The summed E-state index contributed by atoms with van der Waals surface area (Å²) in [6.45, 7) is 3.20. The first kappa shape index (κ1) is 17.0. The normalized spacial score (nSPS) is 11.2. The third kappa shape index (κ3) is 4.11. The fraction of sp³-hybridized carbons (Fsp3) is 0.167. The summed E-state index contributed by atoms with van der Waals surface area (Å²) >= 11 is 0. The summed E-state index contributed by atoms with van der Waals surface area (Å²) in [6, 6.07) is 12.3. The van der Waals surface area contributed by atoms with Crippen LogP contribution in [-0.4, -0.2) is 11.9 Å². The standard InChI is InChI=1S/C18H17N3O3/c1-11-3-6-14(9-16(11)20-12(2)22)17(18(23)24)21-15-7-4-13(10-19)5-8-15/h3-9,17,21H,1-2H3,(H,20,22)(H,23,24)/p-1. The Morgan fingerprint density at radius 1 is 1.17 bits per heavy atom. The molecule has 6 heteroatoms. The fourth-order valence-electron chi connectivity index (χ4n) is 2.23. The number of aliphatic carboxylic acids is 1. The summed E-state index contributed by atoms with van der Waals surface area (Å²) in [6.07, 6.45) is 0. The van der Waals surface area contributed by atoms with E-state index in [9.17, 15) is 14.7 Å². The van der Waals surface area contributed by atoms with Gasteiger partial charge in [0, 0.05) is 18.3 Å². The van der Waals surface area contributed by atoms with Crippen molar-refractivity contribution in [3.8, 4) is 6.07 Å². The smallest absolute Gasteiger partial charge is 0.221 e. The van der Waals surface area contributed by atoms with Crippen molar-refractivity contribution in [1.82, 2.24) is 0 Å². The zero-order chi connectivity index (χ0) is 17.7. The minimum Gasteiger partial charge on any atom is -0.548 e. The van der Waals surface area contributed by atoms with Crippen LogP contribution in [0.25, 0.3) is 0 Å². The number of nitrogens with one attached hydrogen (secondary N) is 2. The van der Waals surface area contributed by atoms with E-state index in [4.69, 9.17) is 5.26 Å². The first-order valence-electron chi connectivity index (χ1n) is 7.26. The van der Waals surface area contributed by atoms with Crippen LogP contribution in [0.4, 0.5) is 11.4 Å². The van der Waals surface area contributed by atoms with Crippen LogP contribution >= 0.6 is 0 Å². The highest BCUT2D eigenvalue weighted by Crippen LogP contribution is 2.24. The number of benzene rings is 2. The molecule has 0 bridgehead atoms. The topological polar surface area (TPSA) is 105 Å². The second kappa shape index (κ2) is 7.29. The summed E-state index contributed by atoms with van der Waals surface area (Å²) in [4.78, 5) is 22.8. The maximum absolute atomic E-state index is 11.5. The maximum atomic E-state index is 11.5. The molecule has 0 aliphatic carbocycles. The molecule has 2 aromatic rings. The van der Waals surface area contributed by atoms with Crippen LogP contribution in [0.2, 0.25) is 0 Å². The molecule has 1 atom stereocenters. The maximum Gasteiger partial charge on any atom is 0.221 e. The van der Waals surface area contributed by atoms with Crippen molar-refractivity contribution in [2.24, 2.45) is 0 Å². The second-order valence-electron chi connectivity index (χ2n) is 5.34. The number of aryl methyl sites for hydroxylation is 1. The Labute approximate surface area is 139 Å². The van der Waals surface area contributed by atoms with E-state index in [2.05, 4.69) is 10.6 Å². The number of carboxylic acid groups (broad SMARTS) is 1. The summed E-state index contributed by atoms with van der Waals surface area (Å²) < 4.78 is 0. The van der Waals surface area contributed by atoms with Crippen LogP contribution in [0.1, 0.15) is 29.7 Å². The lowest BCUT2D eigenvalue weighted by atomic mass is 10.0. The van der Waals surface area contributed by atoms with Crippen molar-refractivity contribution in [2.45, 2.75) is 19.9 Å². The second-order valence-corrected chi connectivity index (χ2v) is 5.34. The van der Waals surface area contributed by atoms with Crippen LogP contribution in [0, 0.1) is 18.3 Å². The zero-order valence-corrected chi connectivity index (χ0v) is 13.3. The zero-order valence-electron chi connectivity index (χ0n) is 13.3. The van der Waals surface area contributed by atoms with Gasteiger partial charge < -0.3 is 20.5 Å².